The minimum absolute atomic E-state index is 0.119. The fraction of sp³-hybridized carbons (Fsp3) is 0.579. The summed E-state index contributed by atoms with van der Waals surface area (Å²) in [5.74, 6) is 0.908. The molecule has 23 heavy (non-hydrogen) atoms. The summed E-state index contributed by atoms with van der Waals surface area (Å²) in [4.78, 5) is 26.7. The summed E-state index contributed by atoms with van der Waals surface area (Å²) >= 11 is 3.49. The molecular formula is C19H26BrNO2. The SMILES string of the molecule is CC(C)CC(=O)N1CCCc2cc(C(=O)C(Br)C(C)C)ccc21. The molecular weight excluding hydrogens is 354 g/mol. The number of fused-ring (bicyclic) bond motifs is 1. The van der Waals surface area contributed by atoms with Crippen molar-refractivity contribution in [1.29, 1.82) is 0 Å². The Labute approximate surface area is 147 Å². The molecule has 0 spiro atoms. The van der Waals surface area contributed by atoms with Crippen LogP contribution in [0.15, 0.2) is 18.2 Å². The molecule has 1 heterocycles. The maximum atomic E-state index is 12.5. The Morgan fingerprint density at radius 1 is 1.22 bits per heavy atom. The molecule has 4 heteroatoms. The Morgan fingerprint density at radius 2 is 1.91 bits per heavy atom. The zero-order valence-electron chi connectivity index (χ0n) is 14.4. The second-order valence-corrected chi connectivity index (χ2v) is 8.09. The van der Waals surface area contributed by atoms with Gasteiger partial charge in [0.15, 0.2) is 5.78 Å². The third-order valence-electron chi connectivity index (χ3n) is 4.20. The molecule has 0 aliphatic carbocycles. The topological polar surface area (TPSA) is 37.4 Å². The Kier molecular flexibility index (Phi) is 6.01. The molecule has 1 aliphatic rings. The number of amides is 1. The number of alkyl halides is 1. The van der Waals surface area contributed by atoms with E-state index in [0.29, 0.717) is 12.3 Å². The molecule has 1 aromatic rings. The Balaban J connectivity index is 2.26. The predicted molar refractivity (Wildman–Crippen MR) is 98.5 cm³/mol. The molecule has 1 aliphatic heterocycles. The largest absolute Gasteiger partial charge is 0.312 e. The van der Waals surface area contributed by atoms with Crippen molar-refractivity contribution in [3.05, 3.63) is 29.3 Å². The Hall–Kier alpha value is -1.16. The van der Waals surface area contributed by atoms with Crippen molar-refractivity contribution in [1.82, 2.24) is 0 Å². The van der Waals surface area contributed by atoms with Crippen LogP contribution < -0.4 is 4.90 Å². The molecule has 126 valence electrons. The number of carbonyl (C=O) groups excluding carboxylic acids is 2. The monoisotopic (exact) mass is 379 g/mol. The molecule has 0 fully saturated rings. The maximum absolute atomic E-state index is 12.5. The molecule has 0 bridgehead atoms. The van der Waals surface area contributed by atoms with Gasteiger partial charge in [-0.05, 0) is 48.4 Å². The van der Waals surface area contributed by atoms with Crippen molar-refractivity contribution >= 4 is 33.3 Å². The lowest BCUT2D eigenvalue weighted by molar-refractivity contribution is -0.119. The first-order valence-electron chi connectivity index (χ1n) is 8.42. The van der Waals surface area contributed by atoms with Crippen molar-refractivity contribution < 1.29 is 9.59 Å². The normalized spacial score (nSPS) is 15.7. The third kappa shape index (κ3) is 4.23. The van der Waals surface area contributed by atoms with Crippen LogP contribution >= 0.6 is 15.9 Å². The molecule has 1 amide bonds. The van der Waals surface area contributed by atoms with Gasteiger partial charge in [-0.15, -0.1) is 0 Å². The van der Waals surface area contributed by atoms with Gasteiger partial charge in [0.05, 0.1) is 4.83 Å². The van der Waals surface area contributed by atoms with Gasteiger partial charge in [-0.2, -0.15) is 0 Å². The van der Waals surface area contributed by atoms with Gasteiger partial charge >= 0.3 is 0 Å². The van der Waals surface area contributed by atoms with E-state index in [1.54, 1.807) is 0 Å². The van der Waals surface area contributed by atoms with Crippen LogP contribution in [0.25, 0.3) is 0 Å². The smallest absolute Gasteiger partial charge is 0.227 e. The van der Waals surface area contributed by atoms with Crippen LogP contribution in [0.4, 0.5) is 5.69 Å². The van der Waals surface area contributed by atoms with E-state index in [2.05, 4.69) is 29.8 Å². The van der Waals surface area contributed by atoms with Gasteiger partial charge in [0.1, 0.15) is 0 Å². The van der Waals surface area contributed by atoms with Crippen LogP contribution in [0.1, 0.15) is 56.5 Å². The number of Topliss-reactive ketones (excluding diaryl/α,β-unsaturated/α-hetero) is 1. The lowest BCUT2D eigenvalue weighted by Crippen LogP contribution is -2.36. The lowest BCUT2D eigenvalue weighted by Gasteiger charge is -2.30. The summed E-state index contributed by atoms with van der Waals surface area (Å²) in [5.41, 5.74) is 2.83. The summed E-state index contributed by atoms with van der Waals surface area (Å²) in [5, 5.41) is 0. The molecule has 3 nitrogen and oxygen atoms in total. The van der Waals surface area contributed by atoms with Crippen LogP contribution in [0.3, 0.4) is 0 Å². The van der Waals surface area contributed by atoms with Crippen molar-refractivity contribution in [2.45, 2.75) is 51.8 Å². The quantitative estimate of drug-likeness (QED) is 0.552. The molecule has 1 aromatic carbocycles. The first-order chi connectivity index (χ1) is 10.8. The van der Waals surface area contributed by atoms with Crippen molar-refractivity contribution in [3.63, 3.8) is 0 Å². The summed E-state index contributed by atoms with van der Waals surface area (Å²) in [7, 11) is 0. The van der Waals surface area contributed by atoms with E-state index in [0.717, 1.165) is 36.2 Å². The predicted octanol–water partition coefficient (Wildman–Crippen LogP) is 4.61. The first-order valence-corrected chi connectivity index (χ1v) is 9.34. The zero-order valence-corrected chi connectivity index (χ0v) is 16.0. The van der Waals surface area contributed by atoms with Gasteiger partial charge in [-0.1, -0.05) is 43.6 Å². The minimum atomic E-state index is -0.164. The van der Waals surface area contributed by atoms with Gasteiger partial charge in [0, 0.05) is 24.2 Å². The Bertz CT molecular complexity index is 595. The fourth-order valence-electron chi connectivity index (χ4n) is 2.93. The van der Waals surface area contributed by atoms with Crippen LogP contribution in [0, 0.1) is 11.8 Å². The maximum Gasteiger partial charge on any atom is 0.227 e. The van der Waals surface area contributed by atoms with Crippen LogP contribution in [0.2, 0.25) is 0 Å². The summed E-state index contributed by atoms with van der Waals surface area (Å²) in [6, 6.07) is 5.78. The zero-order chi connectivity index (χ0) is 17.1. The van der Waals surface area contributed by atoms with Gasteiger partial charge in [0.2, 0.25) is 5.91 Å². The highest BCUT2D eigenvalue weighted by Crippen LogP contribution is 2.30. The number of aryl methyl sites for hydroxylation is 1. The number of halogens is 1. The van der Waals surface area contributed by atoms with Crippen LogP contribution in [-0.4, -0.2) is 23.1 Å². The highest BCUT2D eigenvalue weighted by Gasteiger charge is 2.25. The number of nitrogens with zero attached hydrogens (tertiary/aromatic N) is 1. The molecule has 1 atom stereocenters. The minimum Gasteiger partial charge on any atom is -0.312 e. The number of ketones is 1. The first kappa shape index (κ1) is 18.2. The molecule has 0 saturated heterocycles. The van der Waals surface area contributed by atoms with E-state index < -0.39 is 0 Å². The number of anilines is 1. The molecule has 0 radical (unpaired) electrons. The van der Waals surface area contributed by atoms with E-state index in [1.165, 1.54) is 0 Å². The van der Waals surface area contributed by atoms with Gasteiger partial charge < -0.3 is 4.90 Å². The highest BCUT2D eigenvalue weighted by atomic mass is 79.9. The third-order valence-corrected chi connectivity index (χ3v) is 5.68. The number of benzene rings is 1. The van der Waals surface area contributed by atoms with E-state index in [4.69, 9.17) is 0 Å². The summed E-state index contributed by atoms with van der Waals surface area (Å²) < 4.78 is 0. The lowest BCUT2D eigenvalue weighted by atomic mass is 9.94. The van der Waals surface area contributed by atoms with Gasteiger partial charge in [-0.3, -0.25) is 9.59 Å². The molecule has 0 aromatic heterocycles. The van der Waals surface area contributed by atoms with E-state index in [1.807, 2.05) is 36.9 Å². The van der Waals surface area contributed by atoms with E-state index in [-0.39, 0.29) is 22.4 Å². The van der Waals surface area contributed by atoms with Crippen molar-refractivity contribution in [2.24, 2.45) is 11.8 Å². The van der Waals surface area contributed by atoms with Gasteiger partial charge in [-0.25, -0.2) is 0 Å². The molecule has 0 saturated carbocycles. The summed E-state index contributed by atoms with van der Waals surface area (Å²) in [6.07, 6.45) is 2.45. The van der Waals surface area contributed by atoms with E-state index in [9.17, 15) is 9.59 Å². The van der Waals surface area contributed by atoms with Gasteiger partial charge in [0.25, 0.3) is 0 Å². The average molecular weight is 380 g/mol. The number of hydrogen-bond donors (Lipinski definition) is 0. The highest BCUT2D eigenvalue weighted by molar-refractivity contribution is 9.10. The average Bonchev–Trinajstić information content (AvgIpc) is 2.51. The number of rotatable bonds is 5. The van der Waals surface area contributed by atoms with Crippen molar-refractivity contribution in [3.8, 4) is 0 Å². The second-order valence-electron chi connectivity index (χ2n) is 7.10. The molecule has 0 N–H and O–H groups in total. The van der Waals surface area contributed by atoms with Crippen LogP contribution in [-0.2, 0) is 11.2 Å². The number of carbonyl (C=O) groups is 2. The Morgan fingerprint density at radius 3 is 2.52 bits per heavy atom. The van der Waals surface area contributed by atoms with E-state index >= 15 is 0 Å². The molecule has 2 rings (SSSR count). The second kappa shape index (κ2) is 7.61. The van der Waals surface area contributed by atoms with Crippen LogP contribution in [0.5, 0.6) is 0 Å². The van der Waals surface area contributed by atoms with Crippen molar-refractivity contribution in [2.75, 3.05) is 11.4 Å². The standard InChI is InChI=1S/C19H26BrNO2/c1-12(2)10-17(22)21-9-5-6-14-11-15(7-8-16(14)21)19(23)18(20)13(3)4/h7-8,11-13,18H,5-6,9-10H2,1-4H3. The molecule has 1 unspecified atom stereocenters. The fourth-order valence-corrected chi connectivity index (χ4v) is 3.20. The summed E-state index contributed by atoms with van der Waals surface area (Å²) in [6.45, 7) is 8.96. The number of hydrogen-bond acceptors (Lipinski definition) is 2.